The lowest BCUT2D eigenvalue weighted by Crippen LogP contribution is -2.52. The van der Waals surface area contributed by atoms with E-state index in [1.54, 1.807) is 31.2 Å². The maximum Gasteiger partial charge on any atom is 0.244 e. The fourth-order valence-corrected chi connectivity index (χ4v) is 4.31. The van der Waals surface area contributed by atoms with Gasteiger partial charge in [0.05, 0.1) is 19.1 Å². The van der Waals surface area contributed by atoms with Crippen LogP contribution < -0.4 is 14.4 Å². The Morgan fingerprint density at radius 3 is 2.15 bits per heavy atom. The Balaban J connectivity index is 2.36. The second-order valence-corrected chi connectivity index (χ2v) is 10.9. The number of ether oxygens (including phenoxy) is 1. The van der Waals surface area contributed by atoms with Crippen molar-refractivity contribution in [1.82, 2.24) is 10.2 Å². The van der Waals surface area contributed by atoms with Crippen LogP contribution in [-0.2, 0) is 26.2 Å². The maximum absolute atomic E-state index is 13.5. The van der Waals surface area contributed by atoms with Gasteiger partial charge in [-0.05, 0) is 62.2 Å². The number of nitrogens with zero attached hydrogens (tertiary/aromatic N) is 2. The lowest BCUT2D eigenvalue weighted by atomic mass is 10.1. The van der Waals surface area contributed by atoms with E-state index in [1.165, 1.54) is 12.0 Å². The molecule has 0 aliphatic rings. The number of rotatable bonds is 11. The molecule has 0 saturated carbocycles. The Kier molecular flexibility index (Phi) is 9.93. The van der Waals surface area contributed by atoms with E-state index in [0.29, 0.717) is 11.4 Å². The summed E-state index contributed by atoms with van der Waals surface area (Å²) in [4.78, 5) is 27.7. The molecule has 10 heteroatoms. The summed E-state index contributed by atoms with van der Waals surface area (Å²) in [7, 11) is -2.26. The van der Waals surface area contributed by atoms with Gasteiger partial charge in [0.25, 0.3) is 0 Å². The molecule has 1 N–H and O–H groups in total. The minimum Gasteiger partial charge on any atom is -0.497 e. The molecule has 0 spiro atoms. The van der Waals surface area contributed by atoms with Crippen molar-refractivity contribution in [3.63, 3.8) is 0 Å². The number of carbonyl (C=O) groups excluding carboxylic acids is 2. The summed E-state index contributed by atoms with van der Waals surface area (Å²) < 4.78 is 32.2. The SMILES string of the molecule is CC[C@@H](C)NC(=O)[C@H](C)N(Cc1ccc(Br)cc1)C(=O)CN(c1ccc(OC)cc1)S(C)(=O)=O. The molecule has 0 saturated heterocycles. The van der Waals surface area contributed by atoms with Gasteiger partial charge in [-0.1, -0.05) is 35.0 Å². The highest BCUT2D eigenvalue weighted by molar-refractivity contribution is 9.10. The van der Waals surface area contributed by atoms with E-state index < -0.39 is 28.5 Å². The molecule has 0 bridgehead atoms. The predicted octanol–water partition coefficient (Wildman–Crippen LogP) is 3.56. The molecule has 0 fully saturated rings. The van der Waals surface area contributed by atoms with Crippen molar-refractivity contribution in [1.29, 1.82) is 0 Å². The summed E-state index contributed by atoms with van der Waals surface area (Å²) in [6.45, 7) is 5.20. The van der Waals surface area contributed by atoms with Crippen molar-refractivity contribution >= 4 is 43.5 Å². The lowest BCUT2D eigenvalue weighted by Gasteiger charge is -2.32. The van der Waals surface area contributed by atoms with Gasteiger partial charge in [-0.2, -0.15) is 0 Å². The van der Waals surface area contributed by atoms with Crippen molar-refractivity contribution < 1.29 is 22.7 Å². The number of anilines is 1. The van der Waals surface area contributed by atoms with Crippen LogP contribution in [0.2, 0.25) is 0 Å². The number of halogens is 1. The normalized spacial score (nSPS) is 13.0. The Morgan fingerprint density at radius 2 is 1.65 bits per heavy atom. The van der Waals surface area contributed by atoms with Gasteiger partial charge in [-0.15, -0.1) is 0 Å². The summed E-state index contributed by atoms with van der Waals surface area (Å²) in [6.07, 6.45) is 1.79. The summed E-state index contributed by atoms with van der Waals surface area (Å²) >= 11 is 3.39. The van der Waals surface area contributed by atoms with Crippen LogP contribution in [0.25, 0.3) is 0 Å². The van der Waals surface area contributed by atoms with E-state index in [4.69, 9.17) is 4.74 Å². The molecule has 2 aromatic carbocycles. The van der Waals surface area contributed by atoms with E-state index in [1.807, 2.05) is 38.1 Å². The molecule has 34 heavy (non-hydrogen) atoms. The second-order valence-electron chi connectivity index (χ2n) is 8.11. The molecule has 0 heterocycles. The van der Waals surface area contributed by atoms with Crippen LogP contribution in [0.5, 0.6) is 5.75 Å². The molecule has 2 atom stereocenters. The van der Waals surface area contributed by atoms with Crippen LogP contribution in [0.3, 0.4) is 0 Å². The predicted molar refractivity (Wildman–Crippen MR) is 137 cm³/mol. The van der Waals surface area contributed by atoms with Gasteiger partial charge in [-0.25, -0.2) is 8.42 Å². The fraction of sp³-hybridized carbons (Fsp3) is 0.417. The first-order valence-electron chi connectivity index (χ1n) is 10.9. The number of carbonyl (C=O) groups is 2. The third kappa shape index (κ3) is 7.73. The summed E-state index contributed by atoms with van der Waals surface area (Å²) in [6, 6.07) is 12.9. The molecule has 2 amide bonds. The maximum atomic E-state index is 13.5. The first kappa shape index (κ1) is 27.7. The highest BCUT2D eigenvalue weighted by atomic mass is 79.9. The minimum atomic E-state index is -3.78. The number of amides is 2. The highest BCUT2D eigenvalue weighted by Crippen LogP contribution is 2.22. The Morgan fingerprint density at radius 1 is 1.06 bits per heavy atom. The van der Waals surface area contributed by atoms with Crippen LogP contribution in [0.15, 0.2) is 53.0 Å². The van der Waals surface area contributed by atoms with Gasteiger partial charge in [0.1, 0.15) is 18.3 Å². The van der Waals surface area contributed by atoms with Gasteiger partial charge in [-0.3, -0.25) is 13.9 Å². The summed E-state index contributed by atoms with van der Waals surface area (Å²) in [5, 5.41) is 2.90. The van der Waals surface area contributed by atoms with E-state index >= 15 is 0 Å². The van der Waals surface area contributed by atoms with E-state index in [-0.39, 0.29) is 18.5 Å². The zero-order valence-electron chi connectivity index (χ0n) is 20.1. The number of benzene rings is 2. The average molecular weight is 555 g/mol. The molecule has 2 rings (SSSR count). The molecule has 0 aliphatic heterocycles. The Bertz CT molecular complexity index is 1070. The summed E-state index contributed by atoms with van der Waals surface area (Å²) in [5.41, 5.74) is 1.15. The fourth-order valence-electron chi connectivity index (χ4n) is 3.20. The third-order valence-electron chi connectivity index (χ3n) is 5.47. The van der Waals surface area contributed by atoms with E-state index in [0.717, 1.165) is 27.0 Å². The average Bonchev–Trinajstić information content (AvgIpc) is 2.80. The highest BCUT2D eigenvalue weighted by Gasteiger charge is 2.30. The van der Waals surface area contributed by atoms with Gasteiger partial charge in [0.2, 0.25) is 21.8 Å². The zero-order chi connectivity index (χ0) is 25.5. The van der Waals surface area contributed by atoms with Crippen molar-refractivity contribution in [2.75, 3.05) is 24.2 Å². The van der Waals surface area contributed by atoms with Crippen molar-refractivity contribution in [2.24, 2.45) is 0 Å². The monoisotopic (exact) mass is 553 g/mol. The number of nitrogens with one attached hydrogen (secondary N) is 1. The number of hydrogen-bond donors (Lipinski definition) is 1. The van der Waals surface area contributed by atoms with Crippen LogP contribution >= 0.6 is 15.9 Å². The minimum absolute atomic E-state index is 0.0496. The van der Waals surface area contributed by atoms with E-state index in [9.17, 15) is 18.0 Å². The largest absolute Gasteiger partial charge is 0.497 e. The van der Waals surface area contributed by atoms with Crippen LogP contribution in [0, 0.1) is 0 Å². The molecule has 8 nitrogen and oxygen atoms in total. The molecular weight excluding hydrogens is 522 g/mol. The quantitative estimate of drug-likeness (QED) is 0.459. The third-order valence-corrected chi connectivity index (χ3v) is 7.14. The molecule has 0 unspecified atom stereocenters. The Hall–Kier alpha value is -2.59. The van der Waals surface area contributed by atoms with Crippen LogP contribution in [0.4, 0.5) is 5.69 Å². The number of methoxy groups -OCH3 is 1. The van der Waals surface area contributed by atoms with Crippen LogP contribution in [0.1, 0.15) is 32.8 Å². The van der Waals surface area contributed by atoms with Gasteiger partial charge in [0, 0.05) is 17.1 Å². The van der Waals surface area contributed by atoms with Crippen molar-refractivity contribution in [3.8, 4) is 5.75 Å². The zero-order valence-corrected chi connectivity index (χ0v) is 22.5. The topological polar surface area (TPSA) is 96.0 Å². The molecular formula is C24H32BrN3O5S. The molecule has 2 aromatic rings. The molecule has 186 valence electrons. The molecule has 0 radical (unpaired) electrons. The smallest absolute Gasteiger partial charge is 0.244 e. The number of hydrogen-bond acceptors (Lipinski definition) is 5. The molecule has 0 aliphatic carbocycles. The molecule has 0 aromatic heterocycles. The van der Waals surface area contributed by atoms with E-state index in [2.05, 4.69) is 21.2 Å². The van der Waals surface area contributed by atoms with Gasteiger partial charge >= 0.3 is 0 Å². The lowest BCUT2D eigenvalue weighted by molar-refractivity contribution is -0.139. The van der Waals surface area contributed by atoms with Gasteiger partial charge < -0.3 is 15.0 Å². The van der Waals surface area contributed by atoms with Crippen LogP contribution in [-0.4, -0.2) is 57.1 Å². The Labute approximate surface area is 210 Å². The number of sulfonamides is 1. The van der Waals surface area contributed by atoms with Crippen molar-refractivity contribution in [3.05, 3.63) is 58.6 Å². The second kappa shape index (κ2) is 12.2. The van der Waals surface area contributed by atoms with Crippen molar-refractivity contribution in [2.45, 2.75) is 45.8 Å². The summed E-state index contributed by atoms with van der Waals surface area (Å²) in [5.74, 6) is -0.221. The van der Waals surface area contributed by atoms with Gasteiger partial charge in [0.15, 0.2) is 0 Å². The first-order valence-corrected chi connectivity index (χ1v) is 13.6. The standard InChI is InChI=1S/C24H32BrN3O5S/c1-6-17(2)26-24(30)18(3)27(15-19-7-9-20(25)10-8-19)23(29)16-28(34(5,31)32)21-11-13-22(33-4)14-12-21/h7-14,17-18H,6,15-16H2,1-5H3,(H,26,30)/t17-,18+/m1/s1. The first-order chi connectivity index (χ1) is 16.0.